The first-order valence-electron chi connectivity index (χ1n) is 12.4. The fraction of sp³-hybridized carbons (Fsp3) is 0.207. The number of nitrogens with one attached hydrogen (secondary N) is 3. The van der Waals surface area contributed by atoms with Crippen molar-refractivity contribution >= 4 is 33.6 Å². The van der Waals surface area contributed by atoms with Gasteiger partial charge in [-0.2, -0.15) is 5.10 Å². The third-order valence-electron chi connectivity index (χ3n) is 7.01. The molecular formula is C29H25F2N5O2. The highest BCUT2D eigenvalue weighted by Crippen LogP contribution is 2.32. The molecule has 192 valence electrons. The minimum absolute atomic E-state index is 0.0424. The Morgan fingerprint density at radius 2 is 1.87 bits per heavy atom. The molecule has 9 heteroatoms. The molecule has 38 heavy (non-hydrogen) atoms. The first-order valence-corrected chi connectivity index (χ1v) is 12.4. The van der Waals surface area contributed by atoms with E-state index in [0.29, 0.717) is 33.2 Å². The fourth-order valence-electron chi connectivity index (χ4n) is 4.81. The topological polar surface area (TPSA) is 91.8 Å². The molecular weight excluding hydrogens is 488 g/mol. The van der Waals surface area contributed by atoms with E-state index in [4.69, 9.17) is 0 Å². The molecule has 0 unspecified atom stereocenters. The molecule has 0 aliphatic heterocycles. The van der Waals surface area contributed by atoms with Crippen molar-refractivity contribution in [3.63, 3.8) is 0 Å². The van der Waals surface area contributed by atoms with Gasteiger partial charge in [0.2, 0.25) is 0 Å². The molecule has 0 bridgehead atoms. The number of carbonyl (C=O) groups is 2. The van der Waals surface area contributed by atoms with Gasteiger partial charge in [0, 0.05) is 30.2 Å². The second-order valence-corrected chi connectivity index (χ2v) is 9.84. The molecule has 1 aliphatic carbocycles. The molecule has 3 N–H and O–H groups in total. The van der Waals surface area contributed by atoms with Crippen molar-refractivity contribution in [2.45, 2.75) is 31.8 Å². The van der Waals surface area contributed by atoms with Crippen molar-refractivity contribution in [1.29, 1.82) is 0 Å². The number of H-pyrrole nitrogens is 1. The summed E-state index contributed by atoms with van der Waals surface area (Å²) in [6.45, 7) is 1.80. The van der Waals surface area contributed by atoms with Gasteiger partial charge in [-0.1, -0.05) is 18.2 Å². The summed E-state index contributed by atoms with van der Waals surface area (Å²) in [6, 6.07) is 14.6. The van der Waals surface area contributed by atoms with Crippen LogP contribution in [0, 0.1) is 11.6 Å². The van der Waals surface area contributed by atoms with Crippen molar-refractivity contribution in [3.05, 3.63) is 89.2 Å². The van der Waals surface area contributed by atoms with Crippen LogP contribution in [0.15, 0.2) is 60.8 Å². The number of aromatic nitrogens is 3. The number of aryl methyl sites for hydroxylation is 1. The molecule has 1 aliphatic rings. The zero-order chi connectivity index (χ0) is 26.6. The molecule has 0 saturated heterocycles. The maximum Gasteiger partial charge on any atom is 0.272 e. The average Bonchev–Trinajstić information content (AvgIpc) is 3.49. The number of nitrogens with zero attached hydrogens (tertiary/aromatic N) is 2. The maximum atomic E-state index is 15.3. The molecule has 7 nitrogen and oxygen atoms in total. The third-order valence-corrected chi connectivity index (χ3v) is 7.01. The number of hydrogen-bond donors (Lipinski definition) is 3. The van der Waals surface area contributed by atoms with Crippen LogP contribution in [-0.4, -0.2) is 32.6 Å². The molecule has 2 amide bonds. The van der Waals surface area contributed by atoms with E-state index in [-0.39, 0.29) is 34.8 Å². The Labute approximate surface area is 216 Å². The van der Waals surface area contributed by atoms with E-state index in [0.717, 1.165) is 18.4 Å². The summed E-state index contributed by atoms with van der Waals surface area (Å²) in [5.74, 6) is -1.61. The Bertz CT molecular complexity index is 1730. The lowest BCUT2D eigenvalue weighted by Crippen LogP contribution is -2.26. The molecule has 2 aromatic heterocycles. The first kappa shape index (κ1) is 23.8. The Kier molecular flexibility index (Phi) is 5.71. The summed E-state index contributed by atoms with van der Waals surface area (Å²) in [4.78, 5) is 25.7. The van der Waals surface area contributed by atoms with Crippen LogP contribution in [0.25, 0.3) is 32.9 Å². The van der Waals surface area contributed by atoms with E-state index in [2.05, 4.69) is 20.8 Å². The van der Waals surface area contributed by atoms with Gasteiger partial charge in [-0.3, -0.25) is 14.7 Å². The zero-order valence-electron chi connectivity index (χ0n) is 20.8. The van der Waals surface area contributed by atoms with E-state index in [1.807, 2.05) is 29.8 Å². The van der Waals surface area contributed by atoms with Crippen LogP contribution in [0.2, 0.25) is 0 Å². The molecule has 5 aromatic rings. The van der Waals surface area contributed by atoms with Crippen LogP contribution in [0.4, 0.5) is 8.78 Å². The van der Waals surface area contributed by atoms with Crippen LogP contribution in [0.1, 0.15) is 52.2 Å². The smallest absolute Gasteiger partial charge is 0.272 e. The number of benzene rings is 3. The number of amides is 2. The molecule has 1 saturated carbocycles. The zero-order valence-corrected chi connectivity index (χ0v) is 20.8. The summed E-state index contributed by atoms with van der Waals surface area (Å²) in [5.41, 5.74) is 3.69. The van der Waals surface area contributed by atoms with E-state index in [1.165, 1.54) is 18.2 Å². The molecule has 0 radical (unpaired) electrons. The molecule has 2 heterocycles. The number of hydrogen-bond acceptors (Lipinski definition) is 3. The Morgan fingerprint density at radius 1 is 1.05 bits per heavy atom. The quantitative estimate of drug-likeness (QED) is 0.285. The van der Waals surface area contributed by atoms with Crippen LogP contribution in [0.5, 0.6) is 0 Å². The van der Waals surface area contributed by atoms with Crippen LogP contribution >= 0.6 is 0 Å². The van der Waals surface area contributed by atoms with Crippen LogP contribution in [-0.2, 0) is 7.05 Å². The Hall–Kier alpha value is -4.53. The second-order valence-electron chi connectivity index (χ2n) is 9.84. The predicted molar refractivity (Wildman–Crippen MR) is 141 cm³/mol. The minimum Gasteiger partial charge on any atom is -0.350 e. The lowest BCUT2D eigenvalue weighted by molar-refractivity contribution is 0.0935. The van der Waals surface area contributed by atoms with Gasteiger partial charge >= 0.3 is 0 Å². The van der Waals surface area contributed by atoms with Gasteiger partial charge in [0.15, 0.2) is 5.69 Å². The Balaban J connectivity index is 1.33. The van der Waals surface area contributed by atoms with Crippen molar-refractivity contribution in [3.8, 4) is 11.1 Å². The number of fused-ring (bicyclic) bond motifs is 2. The summed E-state index contributed by atoms with van der Waals surface area (Å²) in [6.07, 6.45) is 3.59. The first-order chi connectivity index (χ1) is 18.3. The fourth-order valence-corrected chi connectivity index (χ4v) is 4.81. The maximum absolute atomic E-state index is 15.3. The largest absolute Gasteiger partial charge is 0.350 e. The summed E-state index contributed by atoms with van der Waals surface area (Å²) >= 11 is 0. The highest BCUT2D eigenvalue weighted by Gasteiger charge is 2.27. The van der Waals surface area contributed by atoms with E-state index in [1.54, 1.807) is 31.3 Å². The highest BCUT2D eigenvalue weighted by atomic mass is 19.1. The number of carbonyl (C=O) groups excluding carboxylic acids is 2. The summed E-state index contributed by atoms with van der Waals surface area (Å²) < 4.78 is 30.8. The lowest BCUT2D eigenvalue weighted by atomic mass is 10.00. The average molecular weight is 514 g/mol. The van der Waals surface area contributed by atoms with Crippen molar-refractivity contribution in [2.75, 3.05) is 0 Å². The van der Waals surface area contributed by atoms with Gasteiger partial charge in [-0.15, -0.1) is 0 Å². The third kappa shape index (κ3) is 4.30. The second kappa shape index (κ2) is 9.09. The van der Waals surface area contributed by atoms with E-state index in [9.17, 15) is 14.0 Å². The van der Waals surface area contributed by atoms with Gasteiger partial charge in [0.1, 0.15) is 11.6 Å². The van der Waals surface area contributed by atoms with Gasteiger partial charge in [0.25, 0.3) is 11.8 Å². The van der Waals surface area contributed by atoms with Crippen LogP contribution in [0.3, 0.4) is 0 Å². The van der Waals surface area contributed by atoms with Gasteiger partial charge in [0.05, 0.1) is 22.5 Å². The van der Waals surface area contributed by atoms with Crippen LogP contribution < -0.4 is 10.6 Å². The number of halogens is 2. The van der Waals surface area contributed by atoms with E-state index >= 15 is 4.39 Å². The standard InChI is InChI=1S/C29H25F2N5O2/c1-15(16-4-3-5-19(30)10-16)32-28(37)22-14-36(2)25-9-6-17(11-21(22)25)18-12-23(31)26-24(13-18)34-35-27(26)29(38)33-20-7-8-20/h3-6,9-15,20H,7-8H2,1-2H3,(H,32,37)(H,33,38)(H,34,35)/t15-/m0/s1. The molecule has 1 fully saturated rings. The SMILES string of the molecule is C[C@H](NC(=O)c1cn(C)c2ccc(-c3cc(F)c4c(C(=O)NC5CC5)n[nH]c4c3)cc12)c1cccc(F)c1. The monoisotopic (exact) mass is 513 g/mol. The van der Waals surface area contributed by atoms with Gasteiger partial charge < -0.3 is 15.2 Å². The lowest BCUT2D eigenvalue weighted by Gasteiger charge is -2.14. The van der Waals surface area contributed by atoms with Crippen molar-refractivity contribution in [2.24, 2.45) is 7.05 Å². The normalized spacial score (nSPS) is 14.1. The number of aromatic amines is 1. The van der Waals surface area contributed by atoms with Crippen molar-refractivity contribution in [1.82, 2.24) is 25.4 Å². The number of rotatable bonds is 6. The van der Waals surface area contributed by atoms with Gasteiger partial charge in [-0.05, 0) is 72.9 Å². The molecule has 3 aromatic carbocycles. The van der Waals surface area contributed by atoms with E-state index < -0.39 is 11.9 Å². The molecule has 6 rings (SSSR count). The highest BCUT2D eigenvalue weighted by molar-refractivity contribution is 6.09. The predicted octanol–water partition coefficient (Wildman–Crippen LogP) is 5.38. The van der Waals surface area contributed by atoms with Crippen molar-refractivity contribution < 1.29 is 18.4 Å². The molecule has 0 spiro atoms. The minimum atomic E-state index is -0.553. The summed E-state index contributed by atoms with van der Waals surface area (Å²) in [5, 5.41) is 13.5. The summed E-state index contributed by atoms with van der Waals surface area (Å²) in [7, 11) is 1.85. The molecule has 1 atom stereocenters. The Morgan fingerprint density at radius 3 is 2.63 bits per heavy atom. The van der Waals surface area contributed by atoms with Gasteiger partial charge in [-0.25, -0.2) is 8.78 Å².